The second kappa shape index (κ2) is 4.96. The minimum absolute atomic E-state index is 0.0444. The number of hydrogen-bond acceptors (Lipinski definition) is 3. The SMILES string of the molecule is COc1cc(C)ccc1OC1(CCN)CCC1. The summed E-state index contributed by atoms with van der Waals surface area (Å²) in [7, 11) is 1.68. The van der Waals surface area contributed by atoms with Gasteiger partial charge in [0.15, 0.2) is 11.5 Å². The molecular formula is C14H21NO2. The van der Waals surface area contributed by atoms with Gasteiger partial charge in [0.05, 0.1) is 7.11 Å². The largest absolute Gasteiger partial charge is 0.493 e. The van der Waals surface area contributed by atoms with Crippen molar-refractivity contribution in [2.45, 2.75) is 38.2 Å². The van der Waals surface area contributed by atoms with Gasteiger partial charge in [-0.15, -0.1) is 0 Å². The molecule has 2 N–H and O–H groups in total. The van der Waals surface area contributed by atoms with E-state index < -0.39 is 0 Å². The van der Waals surface area contributed by atoms with Crippen LogP contribution >= 0.6 is 0 Å². The van der Waals surface area contributed by atoms with Crippen molar-refractivity contribution < 1.29 is 9.47 Å². The van der Waals surface area contributed by atoms with Crippen LogP contribution in [0.4, 0.5) is 0 Å². The standard InChI is InChI=1S/C14H21NO2/c1-11-4-5-12(13(10-11)16-2)17-14(8-9-15)6-3-7-14/h4-5,10H,3,6-9,15H2,1-2H3. The number of hydrogen-bond donors (Lipinski definition) is 1. The number of benzene rings is 1. The van der Waals surface area contributed by atoms with Crippen LogP contribution in [0.15, 0.2) is 18.2 Å². The summed E-state index contributed by atoms with van der Waals surface area (Å²) in [4.78, 5) is 0. The maximum absolute atomic E-state index is 6.15. The monoisotopic (exact) mass is 235 g/mol. The van der Waals surface area contributed by atoms with E-state index in [1.54, 1.807) is 7.11 Å². The van der Waals surface area contributed by atoms with Gasteiger partial charge in [0, 0.05) is 0 Å². The third kappa shape index (κ3) is 2.55. The Morgan fingerprint density at radius 2 is 2.06 bits per heavy atom. The summed E-state index contributed by atoms with van der Waals surface area (Å²) < 4.78 is 11.5. The molecule has 3 heteroatoms. The smallest absolute Gasteiger partial charge is 0.162 e. The minimum Gasteiger partial charge on any atom is -0.493 e. The van der Waals surface area contributed by atoms with Gasteiger partial charge in [0.1, 0.15) is 5.60 Å². The van der Waals surface area contributed by atoms with Crippen molar-refractivity contribution in [3.63, 3.8) is 0 Å². The lowest BCUT2D eigenvalue weighted by Gasteiger charge is -2.42. The van der Waals surface area contributed by atoms with Crippen molar-refractivity contribution in [2.75, 3.05) is 13.7 Å². The van der Waals surface area contributed by atoms with Gasteiger partial charge in [-0.05, 0) is 56.8 Å². The first kappa shape index (κ1) is 12.2. The average Bonchev–Trinajstić information content (AvgIpc) is 2.28. The number of rotatable bonds is 5. The molecule has 1 aliphatic carbocycles. The van der Waals surface area contributed by atoms with Crippen molar-refractivity contribution in [3.8, 4) is 11.5 Å². The highest BCUT2D eigenvalue weighted by Gasteiger charge is 2.39. The second-order valence-corrected chi connectivity index (χ2v) is 4.83. The van der Waals surface area contributed by atoms with Crippen molar-refractivity contribution in [1.29, 1.82) is 0 Å². The van der Waals surface area contributed by atoms with Crippen LogP contribution in [0.1, 0.15) is 31.2 Å². The van der Waals surface area contributed by atoms with Gasteiger partial charge in [-0.25, -0.2) is 0 Å². The van der Waals surface area contributed by atoms with Gasteiger partial charge in [-0.2, -0.15) is 0 Å². The van der Waals surface area contributed by atoms with E-state index in [0.717, 1.165) is 30.8 Å². The lowest BCUT2D eigenvalue weighted by molar-refractivity contribution is -0.0143. The Bertz CT molecular complexity index is 386. The molecule has 0 amide bonds. The number of nitrogens with two attached hydrogens (primary N) is 1. The fourth-order valence-corrected chi connectivity index (χ4v) is 2.33. The van der Waals surface area contributed by atoms with E-state index in [4.69, 9.17) is 15.2 Å². The van der Waals surface area contributed by atoms with E-state index >= 15 is 0 Å². The minimum atomic E-state index is -0.0444. The summed E-state index contributed by atoms with van der Waals surface area (Å²) in [5.41, 5.74) is 6.79. The van der Waals surface area contributed by atoms with E-state index in [-0.39, 0.29) is 5.60 Å². The topological polar surface area (TPSA) is 44.5 Å². The zero-order valence-corrected chi connectivity index (χ0v) is 10.7. The summed E-state index contributed by atoms with van der Waals surface area (Å²) >= 11 is 0. The van der Waals surface area contributed by atoms with Gasteiger partial charge in [-0.3, -0.25) is 0 Å². The van der Waals surface area contributed by atoms with Crippen LogP contribution in [0.3, 0.4) is 0 Å². The molecular weight excluding hydrogens is 214 g/mol. The van der Waals surface area contributed by atoms with E-state index in [1.165, 1.54) is 12.0 Å². The zero-order valence-electron chi connectivity index (χ0n) is 10.7. The van der Waals surface area contributed by atoms with Crippen LogP contribution in [-0.4, -0.2) is 19.3 Å². The molecule has 0 aliphatic heterocycles. The molecule has 0 aromatic heterocycles. The Kier molecular flexibility index (Phi) is 3.57. The Hall–Kier alpha value is -1.22. The molecule has 0 bridgehead atoms. The molecule has 2 rings (SSSR count). The van der Waals surface area contributed by atoms with Gasteiger partial charge in [-0.1, -0.05) is 6.07 Å². The summed E-state index contributed by atoms with van der Waals surface area (Å²) in [6.45, 7) is 2.72. The summed E-state index contributed by atoms with van der Waals surface area (Å²) in [5.74, 6) is 1.65. The summed E-state index contributed by atoms with van der Waals surface area (Å²) in [5, 5.41) is 0. The molecule has 0 unspecified atom stereocenters. The van der Waals surface area contributed by atoms with E-state index in [2.05, 4.69) is 0 Å². The lowest BCUT2D eigenvalue weighted by atomic mass is 9.77. The average molecular weight is 235 g/mol. The normalized spacial score (nSPS) is 17.4. The fourth-order valence-electron chi connectivity index (χ4n) is 2.33. The first-order valence-corrected chi connectivity index (χ1v) is 6.23. The van der Waals surface area contributed by atoms with Gasteiger partial charge < -0.3 is 15.2 Å². The highest BCUT2D eigenvalue weighted by atomic mass is 16.5. The lowest BCUT2D eigenvalue weighted by Crippen LogP contribution is -2.44. The fraction of sp³-hybridized carbons (Fsp3) is 0.571. The summed E-state index contributed by atoms with van der Waals surface area (Å²) in [6.07, 6.45) is 4.35. The third-order valence-electron chi connectivity index (χ3n) is 3.51. The molecule has 17 heavy (non-hydrogen) atoms. The second-order valence-electron chi connectivity index (χ2n) is 4.83. The van der Waals surface area contributed by atoms with Gasteiger partial charge >= 0.3 is 0 Å². The van der Waals surface area contributed by atoms with Crippen LogP contribution in [0.2, 0.25) is 0 Å². The van der Waals surface area contributed by atoms with E-state index in [9.17, 15) is 0 Å². The quantitative estimate of drug-likeness (QED) is 0.853. The predicted octanol–water partition coefficient (Wildman–Crippen LogP) is 2.65. The van der Waals surface area contributed by atoms with Crippen LogP contribution < -0.4 is 15.2 Å². The molecule has 1 saturated carbocycles. The van der Waals surface area contributed by atoms with Crippen LogP contribution in [0.5, 0.6) is 11.5 Å². The van der Waals surface area contributed by atoms with Crippen LogP contribution in [-0.2, 0) is 0 Å². The van der Waals surface area contributed by atoms with Crippen molar-refractivity contribution >= 4 is 0 Å². The van der Waals surface area contributed by atoms with Crippen molar-refractivity contribution in [1.82, 2.24) is 0 Å². The van der Waals surface area contributed by atoms with Crippen molar-refractivity contribution in [2.24, 2.45) is 5.73 Å². The molecule has 0 radical (unpaired) electrons. The van der Waals surface area contributed by atoms with E-state index in [1.807, 2.05) is 25.1 Å². The molecule has 94 valence electrons. The molecule has 0 spiro atoms. The Morgan fingerprint density at radius 1 is 1.29 bits per heavy atom. The molecule has 1 aromatic carbocycles. The van der Waals surface area contributed by atoms with Crippen molar-refractivity contribution in [3.05, 3.63) is 23.8 Å². The molecule has 0 saturated heterocycles. The molecule has 3 nitrogen and oxygen atoms in total. The Labute approximate surface area is 103 Å². The maximum Gasteiger partial charge on any atom is 0.162 e. The van der Waals surface area contributed by atoms with Gasteiger partial charge in [0.2, 0.25) is 0 Å². The van der Waals surface area contributed by atoms with Crippen LogP contribution in [0, 0.1) is 6.92 Å². The number of aryl methyl sites for hydroxylation is 1. The van der Waals surface area contributed by atoms with Crippen LogP contribution in [0.25, 0.3) is 0 Å². The molecule has 1 aromatic rings. The number of ether oxygens (including phenoxy) is 2. The Balaban J connectivity index is 2.17. The Morgan fingerprint density at radius 3 is 2.59 bits per heavy atom. The highest BCUT2D eigenvalue weighted by Crippen LogP contribution is 2.41. The first-order chi connectivity index (χ1) is 8.19. The molecule has 0 atom stereocenters. The molecule has 0 heterocycles. The molecule has 1 fully saturated rings. The van der Waals surface area contributed by atoms with Gasteiger partial charge in [0.25, 0.3) is 0 Å². The zero-order chi connectivity index (χ0) is 12.3. The van der Waals surface area contributed by atoms with E-state index in [0.29, 0.717) is 6.54 Å². The molecule has 1 aliphatic rings. The maximum atomic E-state index is 6.15. The first-order valence-electron chi connectivity index (χ1n) is 6.23. The predicted molar refractivity (Wildman–Crippen MR) is 68.6 cm³/mol. The number of methoxy groups -OCH3 is 1. The highest BCUT2D eigenvalue weighted by molar-refractivity contribution is 5.43. The summed E-state index contributed by atoms with van der Waals surface area (Å²) in [6, 6.07) is 6.04. The third-order valence-corrected chi connectivity index (χ3v) is 3.51.